The van der Waals surface area contributed by atoms with Crippen molar-refractivity contribution in [3.8, 4) is 6.07 Å². The maximum Gasteiger partial charge on any atom is 0.108 e. The van der Waals surface area contributed by atoms with Crippen LogP contribution in [0.5, 0.6) is 0 Å². The van der Waals surface area contributed by atoms with E-state index in [1.165, 1.54) is 0 Å². The molecule has 4 heteroatoms. The molecule has 2 aromatic rings. The fraction of sp³-hybridized carbons (Fsp3) is 0.286. The maximum atomic E-state index is 10.1. The minimum absolute atomic E-state index is 0.519. The molecule has 0 radical (unpaired) electrons. The summed E-state index contributed by atoms with van der Waals surface area (Å²) in [4.78, 5) is 4.22. The summed E-state index contributed by atoms with van der Waals surface area (Å²) in [6, 6.07) is 9.09. The fourth-order valence-corrected chi connectivity index (χ4v) is 1.85. The quantitative estimate of drug-likeness (QED) is 0.890. The molecule has 0 spiro atoms. The van der Waals surface area contributed by atoms with Crippen molar-refractivity contribution < 1.29 is 5.11 Å². The van der Waals surface area contributed by atoms with E-state index in [1.807, 2.05) is 17.8 Å². The van der Waals surface area contributed by atoms with Crippen LogP contribution < -0.4 is 0 Å². The second kappa shape index (κ2) is 5.48. The lowest BCUT2D eigenvalue weighted by atomic mass is 10.0. The Balaban J connectivity index is 1.97. The molecule has 0 aliphatic carbocycles. The van der Waals surface area contributed by atoms with Crippen LogP contribution in [0.1, 0.15) is 29.5 Å². The van der Waals surface area contributed by atoms with E-state index in [1.54, 1.807) is 30.5 Å². The topological polar surface area (TPSA) is 61.8 Å². The number of benzene rings is 1. The van der Waals surface area contributed by atoms with Crippen molar-refractivity contribution in [2.75, 3.05) is 0 Å². The molecule has 2 rings (SSSR count). The zero-order valence-electron chi connectivity index (χ0n) is 10.2. The average molecular weight is 241 g/mol. The number of nitriles is 1. The highest BCUT2D eigenvalue weighted by Gasteiger charge is 2.09. The largest absolute Gasteiger partial charge is 0.388 e. The van der Waals surface area contributed by atoms with Crippen molar-refractivity contribution in [3.63, 3.8) is 0 Å². The predicted octanol–water partition coefficient (Wildman–Crippen LogP) is 1.96. The molecule has 0 aliphatic rings. The molecule has 0 saturated carbocycles. The van der Waals surface area contributed by atoms with Crippen LogP contribution in [0, 0.1) is 11.3 Å². The molecule has 0 saturated heterocycles. The van der Waals surface area contributed by atoms with Gasteiger partial charge in [-0.05, 0) is 24.1 Å². The molecule has 4 nitrogen and oxygen atoms in total. The number of aliphatic hydroxyl groups is 1. The molecule has 1 aromatic carbocycles. The summed E-state index contributed by atoms with van der Waals surface area (Å²) in [6.07, 6.45) is 4.48. The standard InChI is InChI=1S/C14H15N3O/c1-17-9-8-16-14(17)7-6-13(18)12-4-2-11(10-15)3-5-12/h2-5,8-9,13,18H,6-7H2,1H3. The van der Waals surface area contributed by atoms with Gasteiger partial charge in [-0.1, -0.05) is 12.1 Å². The van der Waals surface area contributed by atoms with Crippen molar-refractivity contribution in [2.24, 2.45) is 7.05 Å². The maximum absolute atomic E-state index is 10.1. The summed E-state index contributed by atoms with van der Waals surface area (Å²) < 4.78 is 1.95. The van der Waals surface area contributed by atoms with Crippen LogP contribution in [0.25, 0.3) is 0 Å². The Morgan fingerprint density at radius 1 is 1.39 bits per heavy atom. The van der Waals surface area contributed by atoms with Crippen molar-refractivity contribution in [1.29, 1.82) is 5.26 Å². The number of rotatable bonds is 4. The van der Waals surface area contributed by atoms with E-state index < -0.39 is 6.10 Å². The Morgan fingerprint density at radius 2 is 2.11 bits per heavy atom. The van der Waals surface area contributed by atoms with E-state index in [2.05, 4.69) is 11.1 Å². The van der Waals surface area contributed by atoms with Gasteiger partial charge in [0.05, 0.1) is 17.7 Å². The molecule has 18 heavy (non-hydrogen) atoms. The lowest BCUT2D eigenvalue weighted by Gasteiger charge is -2.10. The Bertz CT molecular complexity index is 551. The average Bonchev–Trinajstić information content (AvgIpc) is 2.81. The van der Waals surface area contributed by atoms with Gasteiger partial charge < -0.3 is 9.67 Å². The molecule has 0 bridgehead atoms. The molecule has 1 unspecified atom stereocenters. The number of imidazole rings is 1. The molecule has 1 aromatic heterocycles. The highest BCUT2D eigenvalue weighted by Crippen LogP contribution is 2.18. The summed E-state index contributed by atoms with van der Waals surface area (Å²) in [5.41, 5.74) is 1.44. The van der Waals surface area contributed by atoms with Crippen molar-refractivity contribution in [3.05, 3.63) is 53.6 Å². The predicted molar refractivity (Wildman–Crippen MR) is 67.6 cm³/mol. The second-order valence-electron chi connectivity index (χ2n) is 4.24. The Kier molecular flexibility index (Phi) is 3.75. The highest BCUT2D eigenvalue weighted by atomic mass is 16.3. The van der Waals surface area contributed by atoms with Crippen LogP contribution in [-0.4, -0.2) is 14.7 Å². The number of nitrogens with zero attached hydrogens (tertiary/aromatic N) is 3. The molecule has 0 amide bonds. The summed E-state index contributed by atoms with van der Waals surface area (Å²) in [6.45, 7) is 0. The number of hydrogen-bond donors (Lipinski definition) is 1. The molecule has 92 valence electrons. The monoisotopic (exact) mass is 241 g/mol. The number of aromatic nitrogens is 2. The minimum atomic E-state index is -0.519. The summed E-state index contributed by atoms with van der Waals surface area (Å²) >= 11 is 0. The fourth-order valence-electron chi connectivity index (χ4n) is 1.85. The zero-order valence-corrected chi connectivity index (χ0v) is 10.2. The van der Waals surface area contributed by atoms with Crippen molar-refractivity contribution in [1.82, 2.24) is 9.55 Å². The van der Waals surface area contributed by atoms with Crippen LogP contribution in [0.3, 0.4) is 0 Å². The first-order valence-electron chi connectivity index (χ1n) is 5.85. The molecule has 0 fully saturated rings. The number of aliphatic hydroxyl groups excluding tert-OH is 1. The van der Waals surface area contributed by atoms with Crippen molar-refractivity contribution >= 4 is 0 Å². The highest BCUT2D eigenvalue weighted by molar-refractivity contribution is 5.32. The first kappa shape index (κ1) is 12.3. The lowest BCUT2D eigenvalue weighted by Crippen LogP contribution is -2.03. The smallest absolute Gasteiger partial charge is 0.108 e. The van der Waals surface area contributed by atoms with Gasteiger partial charge in [-0.25, -0.2) is 4.98 Å². The molecule has 1 atom stereocenters. The van der Waals surface area contributed by atoms with Gasteiger partial charge in [0.1, 0.15) is 5.82 Å². The lowest BCUT2D eigenvalue weighted by molar-refractivity contribution is 0.167. The van der Waals surface area contributed by atoms with Crippen molar-refractivity contribution in [2.45, 2.75) is 18.9 Å². The van der Waals surface area contributed by atoms with Gasteiger partial charge in [-0.2, -0.15) is 5.26 Å². The van der Waals surface area contributed by atoms with Crippen LogP contribution in [-0.2, 0) is 13.5 Å². The number of aryl methyl sites for hydroxylation is 2. The van der Waals surface area contributed by atoms with E-state index in [0.29, 0.717) is 12.0 Å². The van der Waals surface area contributed by atoms with Crippen LogP contribution in [0.15, 0.2) is 36.7 Å². The van der Waals surface area contributed by atoms with Gasteiger partial charge in [0.25, 0.3) is 0 Å². The van der Waals surface area contributed by atoms with Gasteiger partial charge in [0, 0.05) is 25.9 Å². The van der Waals surface area contributed by atoms with E-state index in [9.17, 15) is 5.11 Å². The van der Waals surface area contributed by atoms with E-state index in [4.69, 9.17) is 5.26 Å². The summed E-state index contributed by atoms with van der Waals surface area (Å²) in [5.74, 6) is 0.961. The van der Waals surface area contributed by atoms with Crippen LogP contribution >= 0.6 is 0 Å². The summed E-state index contributed by atoms with van der Waals surface area (Å²) in [7, 11) is 1.94. The third-order valence-corrected chi connectivity index (χ3v) is 2.99. The Hall–Kier alpha value is -2.12. The number of hydrogen-bond acceptors (Lipinski definition) is 3. The first-order valence-corrected chi connectivity index (χ1v) is 5.85. The summed E-state index contributed by atoms with van der Waals surface area (Å²) in [5, 5.41) is 18.8. The molecule has 0 aliphatic heterocycles. The third kappa shape index (κ3) is 2.76. The van der Waals surface area contributed by atoms with Gasteiger partial charge in [-0.15, -0.1) is 0 Å². The minimum Gasteiger partial charge on any atom is -0.388 e. The Labute approximate surface area is 106 Å². The third-order valence-electron chi connectivity index (χ3n) is 2.99. The SMILES string of the molecule is Cn1ccnc1CCC(O)c1ccc(C#N)cc1. The Morgan fingerprint density at radius 3 is 2.67 bits per heavy atom. The van der Waals surface area contributed by atoms with Crippen LogP contribution in [0.4, 0.5) is 0 Å². The van der Waals surface area contributed by atoms with Gasteiger partial charge in [0.15, 0.2) is 0 Å². The molecular formula is C14H15N3O. The van der Waals surface area contributed by atoms with Gasteiger partial charge >= 0.3 is 0 Å². The zero-order chi connectivity index (χ0) is 13.0. The molecule has 1 heterocycles. The molecule has 1 N–H and O–H groups in total. The van der Waals surface area contributed by atoms with E-state index in [-0.39, 0.29) is 0 Å². The second-order valence-corrected chi connectivity index (χ2v) is 4.24. The van der Waals surface area contributed by atoms with Gasteiger partial charge in [-0.3, -0.25) is 0 Å². The van der Waals surface area contributed by atoms with Gasteiger partial charge in [0.2, 0.25) is 0 Å². The van der Waals surface area contributed by atoms with Crippen LogP contribution in [0.2, 0.25) is 0 Å². The normalized spacial score (nSPS) is 12.1. The first-order chi connectivity index (χ1) is 8.70. The molecular weight excluding hydrogens is 226 g/mol. The van der Waals surface area contributed by atoms with E-state index in [0.717, 1.165) is 17.8 Å². The van der Waals surface area contributed by atoms with E-state index >= 15 is 0 Å².